The quantitative estimate of drug-likeness (QED) is 0.340. The second-order valence-electron chi connectivity index (χ2n) is 2.89. The van der Waals surface area contributed by atoms with E-state index in [2.05, 4.69) is 10.7 Å². The summed E-state index contributed by atoms with van der Waals surface area (Å²) < 4.78 is 4.25. The van der Waals surface area contributed by atoms with Gasteiger partial charge in [-0.25, -0.2) is 0 Å². The third-order valence-corrected chi connectivity index (χ3v) is 1.63. The van der Waals surface area contributed by atoms with Crippen molar-refractivity contribution in [3.05, 3.63) is 29.3 Å². The van der Waals surface area contributed by atoms with Gasteiger partial charge in [-0.3, -0.25) is 10.2 Å². The number of anilines is 1. The summed E-state index contributed by atoms with van der Waals surface area (Å²) in [5, 5.41) is 7.34. The van der Waals surface area contributed by atoms with Crippen molar-refractivity contribution < 1.29 is 9.53 Å². The second kappa shape index (κ2) is 7.21. The molecule has 1 rings (SSSR count). The van der Waals surface area contributed by atoms with Gasteiger partial charge in [-0.1, -0.05) is 12.0 Å². The number of terminal acetylenes is 1. The Bertz CT molecular complexity index is 420. The van der Waals surface area contributed by atoms with Crippen LogP contribution in [0.15, 0.2) is 18.2 Å². The smallest absolute Gasteiger partial charge is 0.150 e. The SMILES string of the molecule is C#CC(=N)c1ccc(C=O)cc1N.COC. The van der Waals surface area contributed by atoms with Gasteiger partial charge in [-0.2, -0.15) is 0 Å². The zero-order valence-electron chi connectivity index (χ0n) is 9.28. The summed E-state index contributed by atoms with van der Waals surface area (Å²) in [5.41, 5.74) is 6.91. The van der Waals surface area contributed by atoms with Crippen molar-refractivity contribution in [3.8, 4) is 12.3 Å². The minimum Gasteiger partial charge on any atom is -0.398 e. The average molecular weight is 218 g/mol. The van der Waals surface area contributed by atoms with E-state index in [9.17, 15) is 4.79 Å². The molecule has 0 aliphatic carbocycles. The lowest BCUT2D eigenvalue weighted by atomic mass is 10.1. The first-order chi connectivity index (χ1) is 7.60. The molecule has 0 unspecified atom stereocenters. The number of rotatable bonds is 2. The topological polar surface area (TPSA) is 76.2 Å². The minimum absolute atomic E-state index is 0.0231. The van der Waals surface area contributed by atoms with E-state index >= 15 is 0 Å². The van der Waals surface area contributed by atoms with Crippen molar-refractivity contribution in [2.45, 2.75) is 0 Å². The van der Waals surface area contributed by atoms with Crippen LogP contribution in [0, 0.1) is 17.8 Å². The predicted molar refractivity (Wildman–Crippen MR) is 64.8 cm³/mol. The van der Waals surface area contributed by atoms with Gasteiger partial charge in [0.1, 0.15) is 12.0 Å². The molecular weight excluding hydrogens is 204 g/mol. The predicted octanol–water partition coefficient (Wildman–Crippen LogP) is 1.34. The molecule has 4 heteroatoms. The zero-order chi connectivity index (χ0) is 12.6. The van der Waals surface area contributed by atoms with Gasteiger partial charge < -0.3 is 10.5 Å². The Kier molecular flexibility index (Phi) is 6.25. The highest BCUT2D eigenvalue weighted by Gasteiger charge is 2.03. The Labute approximate surface area is 94.9 Å². The highest BCUT2D eigenvalue weighted by atomic mass is 16.4. The largest absolute Gasteiger partial charge is 0.398 e. The van der Waals surface area contributed by atoms with Crippen LogP contribution in [0.4, 0.5) is 5.69 Å². The van der Waals surface area contributed by atoms with Crippen molar-refractivity contribution in [2.24, 2.45) is 0 Å². The Morgan fingerprint density at radius 3 is 2.50 bits per heavy atom. The fourth-order valence-corrected chi connectivity index (χ4v) is 0.960. The number of carbonyl (C=O) groups excluding carboxylic acids is 1. The zero-order valence-corrected chi connectivity index (χ0v) is 9.28. The molecule has 0 saturated carbocycles. The fraction of sp³-hybridized carbons (Fsp3) is 0.167. The van der Waals surface area contributed by atoms with Gasteiger partial charge in [0.25, 0.3) is 0 Å². The van der Waals surface area contributed by atoms with Crippen LogP contribution in [-0.4, -0.2) is 26.2 Å². The van der Waals surface area contributed by atoms with E-state index in [1.54, 1.807) is 26.4 Å². The van der Waals surface area contributed by atoms with Crippen molar-refractivity contribution in [2.75, 3.05) is 20.0 Å². The molecule has 0 spiro atoms. The number of nitrogen functional groups attached to an aromatic ring is 1. The standard InChI is InChI=1S/C10H8N2O.C2H6O/c1-2-9(11)8-4-3-7(6-13)5-10(8)12;1-3-2/h1,3-6,11H,12H2;1-2H3. The first-order valence-electron chi connectivity index (χ1n) is 4.41. The normalized spacial score (nSPS) is 8.31. The van der Waals surface area contributed by atoms with Crippen LogP contribution in [0.1, 0.15) is 15.9 Å². The maximum atomic E-state index is 10.4. The molecule has 0 bridgehead atoms. The molecule has 0 radical (unpaired) electrons. The molecule has 4 nitrogen and oxygen atoms in total. The molecule has 0 atom stereocenters. The van der Waals surface area contributed by atoms with Crippen molar-refractivity contribution in [1.82, 2.24) is 0 Å². The first kappa shape index (κ1) is 13.9. The summed E-state index contributed by atoms with van der Waals surface area (Å²) in [6.07, 6.45) is 5.74. The van der Waals surface area contributed by atoms with Crippen molar-refractivity contribution >= 4 is 17.7 Å². The maximum absolute atomic E-state index is 10.4. The summed E-state index contributed by atoms with van der Waals surface area (Å²) in [7, 11) is 3.25. The van der Waals surface area contributed by atoms with E-state index in [4.69, 9.17) is 17.6 Å². The Morgan fingerprint density at radius 1 is 1.56 bits per heavy atom. The number of benzene rings is 1. The lowest BCUT2D eigenvalue weighted by Crippen LogP contribution is -2.01. The molecule has 0 fully saturated rings. The number of hydrogen-bond acceptors (Lipinski definition) is 4. The Hall–Kier alpha value is -2.12. The number of hydrogen-bond donors (Lipinski definition) is 2. The lowest BCUT2D eigenvalue weighted by Gasteiger charge is -2.02. The highest BCUT2D eigenvalue weighted by Crippen LogP contribution is 2.13. The van der Waals surface area contributed by atoms with E-state index in [1.807, 2.05) is 0 Å². The van der Waals surface area contributed by atoms with Crippen molar-refractivity contribution in [3.63, 3.8) is 0 Å². The molecule has 0 aliphatic rings. The van der Waals surface area contributed by atoms with E-state index in [0.29, 0.717) is 23.1 Å². The number of ether oxygens (including phenoxy) is 1. The molecule has 16 heavy (non-hydrogen) atoms. The molecule has 84 valence electrons. The molecule has 0 saturated heterocycles. The van der Waals surface area contributed by atoms with Crippen molar-refractivity contribution in [1.29, 1.82) is 5.41 Å². The molecule has 1 aromatic carbocycles. The third-order valence-electron chi connectivity index (χ3n) is 1.63. The van der Waals surface area contributed by atoms with Gasteiger partial charge in [0.2, 0.25) is 0 Å². The Morgan fingerprint density at radius 2 is 2.12 bits per heavy atom. The lowest BCUT2D eigenvalue weighted by molar-refractivity contribution is 0.112. The van der Waals surface area contributed by atoms with Crippen LogP contribution in [0.25, 0.3) is 0 Å². The van der Waals surface area contributed by atoms with E-state index in [0.717, 1.165) is 0 Å². The highest BCUT2D eigenvalue weighted by molar-refractivity contribution is 6.13. The molecule has 3 N–H and O–H groups in total. The molecule has 1 aromatic rings. The van der Waals surface area contributed by atoms with Gasteiger partial charge in [0.05, 0.1) is 0 Å². The summed E-state index contributed by atoms with van der Waals surface area (Å²) in [6.45, 7) is 0. The number of methoxy groups -OCH3 is 1. The molecule has 0 aromatic heterocycles. The van der Waals surface area contributed by atoms with Gasteiger partial charge >= 0.3 is 0 Å². The number of nitrogens with two attached hydrogens (primary N) is 1. The van der Waals surface area contributed by atoms with Crippen LogP contribution in [0.5, 0.6) is 0 Å². The Balaban J connectivity index is 0.000000673. The van der Waals surface area contributed by atoms with Crippen LogP contribution >= 0.6 is 0 Å². The average Bonchev–Trinajstić information content (AvgIpc) is 2.29. The van der Waals surface area contributed by atoms with Crippen LogP contribution in [0.3, 0.4) is 0 Å². The maximum Gasteiger partial charge on any atom is 0.150 e. The van der Waals surface area contributed by atoms with Crippen LogP contribution < -0.4 is 5.73 Å². The van der Waals surface area contributed by atoms with Gasteiger partial charge in [0, 0.05) is 31.0 Å². The second-order valence-corrected chi connectivity index (χ2v) is 2.89. The molecule has 0 heterocycles. The number of carbonyl (C=O) groups is 1. The fourth-order valence-electron chi connectivity index (χ4n) is 0.960. The summed E-state index contributed by atoms with van der Waals surface area (Å²) in [4.78, 5) is 10.4. The van der Waals surface area contributed by atoms with Gasteiger partial charge in [-0.15, -0.1) is 6.42 Å². The molecule has 0 amide bonds. The minimum atomic E-state index is 0.0231. The summed E-state index contributed by atoms with van der Waals surface area (Å²) in [6, 6.07) is 4.64. The summed E-state index contributed by atoms with van der Waals surface area (Å²) in [5.74, 6) is 2.17. The number of aldehydes is 1. The van der Waals surface area contributed by atoms with Gasteiger partial charge in [-0.05, 0) is 12.1 Å². The van der Waals surface area contributed by atoms with E-state index in [1.165, 1.54) is 6.07 Å². The number of nitrogens with one attached hydrogen (secondary N) is 1. The van der Waals surface area contributed by atoms with Crippen LogP contribution in [0.2, 0.25) is 0 Å². The van der Waals surface area contributed by atoms with E-state index < -0.39 is 0 Å². The van der Waals surface area contributed by atoms with Gasteiger partial charge in [0.15, 0.2) is 0 Å². The third kappa shape index (κ3) is 3.95. The first-order valence-corrected chi connectivity index (χ1v) is 4.41. The monoisotopic (exact) mass is 218 g/mol. The molecular formula is C12H14N2O2. The molecule has 0 aliphatic heterocycles. The van der Waals surface area contributed by atoms with E-state index in [-0.39, 0.29) is 5.71 Å². The summed E-state index contributed by atoms with van der Waals surface area (Å²) >= 11 is 0. The van der Waals surface area contributed by atoms with Crippen LogP contribution in [-0.2, 0) is 4.74 Å².